The highest BCUT2D eigenvalue weighted by Crippen LogP contribution is 2.56. The van der Waals surface area contributed by atoms with Crippen molar-refractivity contribution in [1.82, 2.24) is 4.90 Å². The number of esters is 1. The summed E-state index contributed by atoms with van der Waals surface area (Å²) in [5.41, 5.74) is 0.365. The lowest BCUT2D eigenvalue weighted by Gasteiger charge is -2.23. The zero-order valence-electron chi connectivity index (χ0n) is 15.4. The van der Waals surface area contributed by atoms with Crippen LogP contribution in [-0.2, 0) is 23.9 Å². The molecule has 148 valence electrons. The van der Waals surface area contributed by atoms with E-state index in [1.165, 1.54) is 31.2 Å². The predicted molar refractivity (Wildman–Crippen MR) is 95.1 cm³/mol. The van der Waals surface area contributed by atoms with Crippen molar-refractivity contribution >= 4 is 29.4 Å². The van der Waals surface area contributed by atoms with Crippen LogP contribution in [0.4, 0.5) is 10.1 Å². The number of hydrogen-bond acceptors (Lipinski definition) is 5. The average Bonchev–Trinajstić information content (AvgIpc) is 3.35. The fraction of sp³-hybridized carbons (Fsp3) is 0.500. The number of hydrogen-bond donors (Lipinski definition) is 1. The molecular weight excluding hydrogens is 367 g/mol. The van der Waals surface area contributed by atoms with E-state index >= 15 is 0 Å². The second-order valence-electron chi connectivity index (χ2n) is 7.77. The first-order valence-electron chi connectivity index (χ1n) is 9.45. The van der Waals surface area contributed by atoms with Gasteiger partial charge in [-0.3, -0.25) is 19.3 Å². The molecule has 8 heteroatoms. The van der Waals surface area contributed by atoms with Crippen molar-refractivity contribution in [3.63, 3.8) is 0 Å². The Morgan fingerprint density at radius 1 is 1.14 bits per heavy atom. The summed E-state index contributed by atoms with van der Waals surface area (Å²) in [6.45, 7) is 0.883. The molecule has 3 amide bonds. The lowest BCUT2D eigenvalue weighted by Crippen LogP contribution is -2.45. The average molecular weight is 388 g/mol. The van der Waals surface area contributed by atoms with Gasteiger partial charge in [-0.1, -0.05) is 0 Å². The fourth-order valence-corrected chi connectivity index (χ4v) is 4.91. The van der Waals surface area contributed by atoms with Gasteiger partial charge in [0.2, 0.25) is 11.8 Å². The fourth-order valence-electron chi connectivity index (χ4n) is 4.91. The first kappa shape index (κ1) is 18.6. The van der Waals surface area contributed by atoms with Crippen molar-refractivity contribution in [3.05, 3.63) is 30.1 Å². The third-order valence-electron chi connectivity index (χ3n) is 6.16. The highest BCUT2D eigenvalue weighted by Gasteiger charge is 2.62. The zero-order valence-corrected chi connectivity index (χ0v) is 15.4. The lowest BCUT2D eigenvalue weighted by molar-refractivity contribution is -0.159. The second-order valence-corrected chi connectivity index (χ2v) is 7.77. The van der Waals surface area contributed by atoms with Crippen molar-refractivity contribution in [2.45, 2.75) is 32.2 Å². The maximum absolute atomic E-state index is 12.9. The van der Waals surface area contributed by atoms with E-state index in [1.807, 2.05) is 0 Å². The van der Waals surface area contributed by atoms with Gasteiger partial charge in [-0.15, -0.1) is 0 Å². The summed E-state index contributed by atoms with van der Waals surface area (Å²) in [5.74, 6) is -2.54. The summed E-state index contributed by atoms with van der Waals surface area (Å²) in [4.78, 5) is 50.7. The standard InChI is InChI=1S/C20H21FN2O5/c1-10(20(27)28-9-15(24)22-14-6-4-13(21)5-7-14)23-18(25)16-11-2-3-12(8-11)17(16)19(23)26/h4-7,10-12,16-17H,2-3,8-9H2,1H3,(H,22,24)/t10-,11+,12+,16+,17+/m1/s1. The summed E-state index contributed by atoms with van der Waals surface area (Å²) in [6, 6.07) is 4.08. The minimum absolute atomic E-state index is 0.237. The Labute approximate surface area is 161 Å². The Morgan fingerprint density at radius 3 is 2.29 bits per heavy atom. The molecule has 4 rings (SSSR count). The molecule has 7 nitrogen and oxygen atoms in total. The molecule has 3 fully saturated rings. The summed E-state index contributed by atoms with van der Waals surface area (Å²) < 4.78 is 17.9. The summed E-state index contributed by atoms with van der Waals surface area (Å²) in [5, 5.41) is 2.47. The Bertz CT molecular complexity index is 812. The van der Waals surface area contributed by atoms with E-state index in [4.69, 9.17) is 4.74 Å². The van der Waals surface area contributed by atoms with E-state index in [1.54, 1.807) is 0 Å². The van der Waals surface area contributed by atoms with Gasteiger partial charge in [0.1, 0.15) is 11.9 Å². The van der Waals surface area contributed by atoms with E-state index in [-0.39, 0.29) is 35.5 Å². The number of carbonyl (C=O) groups excluding carboxylic acids is 4. The van der Waals surface area contributed by atoms with Crippen LogP contribution in [0.3, 0.4) is 0 Å². The number of imide groups is 1. The molecular formula is C20H21FN2O5. The van der Waals surface area contributed by atoms with Crippen LogP contribution in [0.2, 0.25) is 0 Å². The number of rotatable bonds is 5. The predicted octanol–water partition coefficient (Wildman–Crippen LogP) is 1.73. The van der Waals surface area contributed by atoms with Crippen molar-refractivity contribution in [2.75, 3.05) is 11.9 Å². The van der Waals surface area contributed by atoms with Crippen LogP contribution in [-0.4, -0.2) is 41.2 Å². The molecule has 1 saturated heterocycles. The number of anilines is 1. The van der Waals surface area contributed by atoms with Crippen molar-refractivity contribution < 1.29 is 28.3 Å². The van der Waals surface area contributed by atoms with Gasteiger partial charge in [-0.2, -0.15) is 0 Å². The normalized spacial score (nSPS) is 29.0. The number of nitrogens with one attached hydrogen (secondary N) is 1. The molecule has 0 spiro atoms. The smallest absolute Gasteiger partial charge is 0.329 e. The number of fused-ring (bicyclic) bond motifs is 5. The van der Waals surface area contributed by atoms with Crippen molar-refractivity contribution in [1.29, 1.82) is 0 Å². The number of halogens is 1. The molecule has 0 aromatic heterocycles. The number of ether oxygens (including phenoxy) is 1. The minimum atomic E-state index is -1.07. The molecule has 3 aliphatic rings. The molecule has 1 heterocycles. The maximum atomic E-state index is 12.9. The quantitative estimate of drug-likeness (QED) is 0.613. The molecule has 1 aromatic rings. The Balaban J connectivity index is 1.33. The van der Waals surface area contributed by atoms with Gasteiger partial charge in [-0.25, -0.2) is 9.18 Å². The lowest BCUT2D eigenvalue weighted by atomic mass is 9.81. The zero-order chi connectivity index (χ0) is 20.0. The molecule has 2 bridgehead atoms. The number of amides is 3. The van der Waals surface area contributed by atoms with Crippen LogP contribution in [0, 0.1) is 29.5 Å². The summed E-state index contributed by atoms with van der Waals surface area (Å²) in [6.07, 6.45) is 2.84. The van der Waals surface area contributed by atoms with Crippen LogP contribution in [0.15, 0.2) is 24.3 Å². The number of nitrogens with zero attached hydrogens (tertiary/aromatic N) is 1. The van der Waals surface area contributed by atoms with Crippen LogP contribution in [0.1, 0.15) is 26.2 Å². The Morgan fingerprint density at radius 2 is 1.71 bits per heavy atom. The molecule has 0 radical (unpaired) electrons. The van der Waals surface area contributed by atoms with Crippen LogP contribution >= 0.6 is 0 Å². The first-order chi connectivity index (χ1) is 13.4. The van der Waals surface area contributed by atoms with Gasteiger partial charge in [-0.05, 0) is 62.3 Å². The van der Waals surface area contributed by atoms with E-state index < -0.39 is 30.3 Å². The summed E-state index contributed by atoms with van der Waals surface area (Å²) >= 11 is 0. The molecule has 28 heavy (non-hydrogen) atoms. The number of carbonyl (C=O) groups is 4. The van der Waals surface area contributed by atoms with Gasteiger partial charge in [0.15, 0.2) is 6.61 Å². The largest absolute Gasteiger partial charge is 0.454 e. The monoisotopic (exact) mass is 388 g/mol. The van der Waals surface area contributed by atoms with Crippen molar-refractivity contribution in [3.8, 4) is 0 Å². The molecule has 2 aliphatic carbocycles. The van der Waals surface area contributed by atoms with E-state index in [0.717, 1.165) is 24.2 Å². The van der Waals surface area contributed by atoms with E-state index in [0.29, 0.717) is 5.69 Å². The topological polar surface area (TPSA) is 92.8 Å². The van der Waals surface area contributed by atoms with Gasteiger partial charge in [0.25, 0.3) is 5.91 Å². The Hall–Kier alpha value is -2.77. The SMILES string of the molecule is C[C@H](C(=O)OCC(=O)Nc1ccc(F)cc1)N1C(=O)[C@H]2[C@H]3CC[C@@H](C3)[C@@H]2C1=O. The van der Waals surface area contributed by atoms with Crippen LogP contribution < -0.4 is 5.32 Å². The number of likely N-dealkylation sites (tertiary alicyclic amines) is 1. The van der Waals surface area contributed by atoms with E-state index in [9.17, 15) is 23.6 Å². The third-order valence-corrected chi connectivity index (χ3v) is 6.16. The highest BCUT2D eigenvalue weighted by atomic mass is 19.1. The van der Waals surface area contributed by atoms with E-state index in [2.05, 4.69) is 5.32 Å². The van der Waals surface area contributed by atoms with Gasteiger partial charge >= 0.3 is 5.97 Å². The van der Waals surface area contributed by atoms with Gasteiger partial charge in [0, 0.05) is 5.69 Å². The highest BCUT2D eigenvalue weighted by molar-refractivity contribution is 6.08. The molecule has 5 atom stereocenters. The summed E-state index contributed by atoms with van der Waals surface area (Å²) in [7, 11) is 0. The van der Waals surface area contributed by atoms with Crippen LogP contribution in [0.25, 0.3) is 0 Å². The molecule has 2 saturated carbocycles. The molecule has 1 N–H and O–H groups in total. The maximum Gasteiger partial charge on any atom is 0.329 e. The third kappa shape index (κ3) is 3.06. The Kier molecular flexibility index (Phi) is 4.64. The number of benzene rings is 1. The van der Waals surface area contributed by atoms with Crippen molar-refractivity contribution in [2.24, 2.45) is 23.7 Å². The molecule has 1 aromatic carbocycles. The molecule has 0 unspecified atom stereocenters. The molecule has 1 aliphatic heterocycles. The van der Waals surface area contributed by atoms with Gasteiger partial charge in [0.05, 0.1) is 11.8 Å². The first-order valence-corrected chi connectivity index (χ1v) is 9.45. The van der Waals surface area contributed by atoms with Gasteiger partial charge < -0.3 is 10.1 Å². The second kappa shape index (κ2) is 7.00. The minimum Gasteiger partial charge on any atom is -0.454 e. The van der Waals surface area contributed by atoms with Crippen LogP contribution in [0.5, 0.6) is 0 Å².